The number of rotatable bonds is 2. The highest BCUT2D eigenvalue weighted by Crippen LogP contribution is 2.24. The Kier molecular flexibility index (Phi) is 2.92. The lowest BCUT2D eigenvalue weighted by molar-refractivity contribution is 0.282. The van der Waals surface area contributed by atoms with E-state index >= 15 is 0 Å². The summed E-state index contributed by atoms with van der Waals surface area (Å²) in [5, 5.41) is 9.10. The molecule has 0 unspecified atom stereocenters. The van der Waals surface area contributed by atoms with Crippen molar-refractivity contribution in [2.45, 2.75) is 6.61 Å². The molecular formula is C12H9F2NO. The predicted octanol–water partition coefficient (Wildman–Crippen LogP) is 2.52. The van der Waals surface area contributed by atoms with Gasteiger partial charge in [-0.25, -0.2) is 8.78 Å². The average Bonchev–Trinajstić information content (AvgIpc) is 2.32. The molecule has 0 fully saturated rings. The third-order valence-corrected chi connectivity index (χ3v) is 2.30. The summed E-state index contributed by atoms with van der Waals surface area (Å²) in [4.78, 5) is 3.85. The zero-order valence-electron chi connectivity index (χ0n) is 8.32. The molecule has 1 aromatic heterocycles. The van der Waals surface area contributed by atoms with Gasteiger partial charge in [-0.3, -0.25) is 4.98 Å². The fourth-order valence-corrected chi connectivity index (χ4v) is 1.50. The molecule has 0 radical (unpaired) electrons. The van der Waals surface area contributed by atoms with E-state index in [1.54, 1.807) is 6.07 Å². The lowest BCUT2D eigenvalue weighted by atomic mass is 10.0. The van der Waals surface area contributed by atoms with Crippen LogP contribution in [0.15, 0.2) is 36.7 Å². The van der Waals surface area contributed by atoms with Crippen LogP contribution in [-0.4, -0.2) is 10.1 Å². The van der Waals surface area contributed by atoms with Gasteiger partial charge < -0.3 is 5.11 Å². The fraction of sp³-hybridized carbons (Fsp3) is 0.0833. The molecule has 1 aromatic carbocycles. The highest BCUT2D eigenvalue weighted by Gasteiger charge is 2.07. The van der Waals surface area contributed by atoms with E-state index in [0.717, 1.165) is 12.1 Å². The summed E-state index contributed by atoms with van der Waals surface area (Å²) in [7, 11) is 0. The van der Waals surface area contributed by atoms with Crippen molar-refractivity contribution < 1.29 is 13.9 Å². The van der Waals surface area contributed by atoms with E-state index < -0.39 is 11.6 Å². The molecule has 4 heteroatoms. The normalized spacial score (nSPS) is 10.4. The Morgan fingerprint density at radius 1 is 1.12 bits per heavy atom. The molecule has 0 atom stereocenters. The van der Waals surface area contributed by atoms with Crippen LogP contribution >= 0.6 is 0 Å². The number of halogens is 2. The quantitative estimate of drug-likeness (QED) is 0.845. The van der Waals surface area contributed by atoms with E-state index in [0.29, 0.717) is 16.7 Å². The Morgan fingerprint density at radius 2 is 1.94 bits per heavy atom. The molecule has 16 heavy (non-hydrogen) atoms. The molecule has 82 valence electrons. The summed E-state index contributed by atoms with van der Waals surface area (Å²) in [5.41, 5.74) is 1.75. The SMILES string of the molecule is OCc1cnccc1-c1ccc(F)c(F)c1. The first kappa shape index (κ1) is 10.7. The van der Waals surface area contributed by atoms with Gasteiger partial charge in [0.15, 0.2) is 11.6 Å². The Balaban J connectivity index is 2.54. The second-order valence-corrected chi connectivity index (χ2v) is 3.32. The number of pyridine rings is 1. The van der Waals surface area contributed by atoms with Crippen LogP contribution in [0.3, 0.4) is 0 Å². The van der Waals surface area contributed by atoms with E-state index in [2.05, 4.69) is 4.98 Å². The highest BCUT2D eigenvalue weighted by molar-refractivity contribution is 5.66. The molecule has 1 N–H and O–H groups in total. The first-order valence-corrected chi connectivity index (χ1v) is 4.71. The summed E-state index contributed by atoms with van der Waals surface area (Å²) in [6, 6.07) is 5.28. The first-order chi connectivity index (χ1) is 7.72. The van der Waals surface area contributed by atoms with E-state index in [-0.39, 0.29) is 6.61 Å². The molecule has 0 saturated heterocycles. The number of aliphatic hydroxyl groups is 1. The van der Waals surface area contributed by atoms with Gasteiger partial charge in [0.25, 0.3) is 0 Å². The topological polar surface area (TPSA) is 33.1 Å². The molecule has 1 heterocycles. The monoisotopic (exact) mass is 221 g/mol. The summed E-state index contributed by atoms with van der Waals surface area (Å²) in [6.07, 6.45) is 3.03. The molecule has 2 rings (SSSR count). The largest absolute Gasteiger partial charge is 0.392 e. The smallest absolute Gasteiger partial charge is 0.159 e. The maximum Gasteiger partial charge on any atom is 0.159 e. The van der Waals surface area contributed by atoms with E-state index in [1.165, 1.54) is 18.5 Å². The van der Waals surface area contributed by atoms with Gasteiger partial charge in [0.2, 0.25) is 0 Å². The van der Waals surface area contributed by atoms with Crippen LogP contribution in [0.5, 0.6) is 0 Å². The summed E-state index contributed by atoms with van der Waals surface area (Å²) in [5.74, 6) is -1.79. The molecular weight excluding hydrogens is 212 g/mol. The molecule has 0 aliphatic carbocycles. The van der Waals surface area contributed by atoms with Crippen LogP contribution in [-0.2, 0) is 6.61 Å². The average molecular weight is 221 g/mol. The predicted molar refractivity (Wildman–Crippen MR) is 55.5 cm³/mol. The van der Waals surface area contributed by atoms with Crippen LogP contribution in [0.2, 0.25) is 0 Å². The summed E-state index contributed by atoms with van der Waals surface area (Å²) >= 11 is 0. The van der Waals surface area contributed by atoms with Crippen molar-refractivity contribution >= 4 is 0 Å². The maximum atomic E-state index is 13.0. The van der Waals surface area contributed by atoms with Crippen LogP contribution in [0, 0.1) is 11.6 Å². The minimum Gasteiger partial charge on any atom is -0.392 e. The second-order valence-electron chi connectivity index (χ2n) is 3.32. The minimum atomic E-state index is -0.904. The van der Waals surface area contributed by atoms with Crippen molar-refractivity contribution in [2.24, 2.45) is 0 Å². The Hall–Kier alpha value is -1.81. The van der Waals surface area contributed by atoms with E-state index in [1.807, 2.05) is 0 Å². The zero-order valence-corrected chi connectivity index (χ0v) is 8.32. The molecule has 0 spiro atoms. The zero-order chi connectivity index (χ0) is 11.5. The van der Waals surface area contributed by atoms with Crippen LogP contribution in [0.1, 0.15) is 5.56 Å². The number of hydrogen-bond donors (Lipinski definition) is 1. The molecule has 0 amide bonds. The van der Waals surface area contributed by atoms with Crippen molar-refractivity contribution in [1.29, 1.82) is 0 Å². The van der Waals surface area contributed by atoms with Gasteiger partial charge in [0.05, 0.1) is 6.61 Å². The Labute approximate surface area is 91.2 Å². The summed E-state index contributed by atoms with van der Waals surface area (Å²) in [6.45, 7) is -0.192. The van der Waals surface area contributed by atoms with Crippen molar-refractivity contribution in [2.75, 3.05) is 0 Å². The Morgan fingerprint density at radius 3 is 2.62 bits per heavy atom. The molecule has 0 aliphatic heterocycles. The molecule has 2 nitrogen and oxygen atoms in total. The second kappa shape index (κ2) is 4.37. The van der Waals surface area contributed by atoms with Gasteiger partial charge in [0, 0.05) is 18.0 Å². The van der Waals surface area contributed by atoms with Crippen molar-refractivity contribution in [1.82, 2.24) is 4.98 Å². The number of aliphatic hydroxyl groups excluding tert-OH is 1. The van der Waals surface area contributed by atoms with Crippen LogP contribution < -0.4 is 0 Å². The Bertz CT molecular complexity index is 514. The number of aromatic nitrogens is 1. The van der Waals surface area contributed by atoms with Gasteiger partial charge in [-0.2, -0.15) is 0 Å². The number of benzene rings is 1. The van der Waals surface area contributed by atoms with E-state index in [4.69, 9.17) is 5.11 Å². The highest BCUT2D eigenvalue weighted by atomic mass is 19.2. The molecule has 0 aliphatic rings. The maximum absolute atomic E-state index is 13.0. The van der Waals surface area contributed by atoms with Crippen molar-refractivity contribution in [3.63, 3.8) is 0 Å². The van der Waals surface area contributed by atoms with Crippen molar-refractivity contribution in [3.8, 4) is 11.1 Å². The molecule has 0 saturated carbocycles. The molecule has 2 aromatic rings. The third kappa shape index (κ3) is 1.92. The lowest BCUT2D eigenvalue weighted by Crippen LogP contribution is -1.92. The van der Waals surface area contributed by atoms with Gasteiger partial charge in [0.1, 0.15) is 0 Å². The van der Waals surface area contributed by atoms with Gasteiger partial charge in [-0.15, -0.1) is 0 Å². The number of hydrogen-bond acceptors (Lipinski definition) is 2. The number of nitrogens with zero attached hydrogens (tertiary/aromatic N) is 1. The van der Waals surface area contributed by atoms with Gasteiger partial charge in [-0.05, 0) is 29.3 Å². The van der Waals surface area contributed by atoms with Gasteiger partial charge in [-0.1, -0.05) is 6.07 Å². The van der Waals surface area contributed by atoms with Crippen LogP contribution in [0.4, 0.5) is 8.78 Å². The first-order valence-electron chi connectivity index (χ1n) is 4.71. The van der Waals surface area contributed by atoms with E-state index in [9.17, 15) is 8.78 Å². The summed E-state index contributed by atoms with van der Waals surface area (Å²) < 4.78 is 25.8. The van der Waals surface area contributed by atoms with Gasteiger partial charge >= 0.3 is 0 Å². The van der Waals surface area contributed by atoms with Crippen LogP contribution in [0.25, 0.3) is 11.1 Å². The third-order valence-electron chi connectivity index (χ3n) is 2.30. The molecule has 0 bridgehead atoms. The van der Waals surface area contributed by atoms with Crippen molar-refractivity contribution in [3.05, 3.63) is 53.9 Å². The minimum absolute atomic E-state index is 0.192. The standard InChI is InChI=1S/C12H9F2NO/c13-11-2-1-8(5-12(11)14)10-3-4-15-6-9(10)7-16/h1-6,16H,7H2. The lowest BCUT2D eigenvalue weighted by Gasteiger charge is -2.06. The fourth-order valence-electron chi connectivity index (χ4n) is 1.50.